The summed E-state index contributed by atoms with van der Waals surface area (Å²) in [7, 11) is 0. The number of benzene rings is 1. The van der Waals surface area contributed by atoms with Crippen LogP contribution >= 0.6 is 27.3 Å². The van der Waals surface area contributed by atoms with Crippen LogP contribution in [0.5, 0.6) is 5.75 Å². The van der Waals surface area contributed by atoms with Gasteiger partial charge in [0.15, 0.2) is 0 Å². The first-order chi connectivity index (χ1) is 9.10. The molecule has 4 heteroatoms. The second-order valence-electron chi connectivity index (χ2n) is 4.56. The first kappa shape index (κ1) is 14.6. The lowest BCUT2D eigenvalue weighted by Gasteiger charge is -2.21. The summed E-state index contributed by atoms with van der Waals surface area (Å²) in [5, 5.41) is 2.05. The van der Waals surface area contributed by atoms with Crippen LogP contribution in [0.4, 0.5) is 0 Å². The van der Waals surface area contributed by atoms with Gasteiger partial charge in [0.1, 0.15) is 11.9 Å². The molecule has 1 heterocycles. The highest BCUT2D eigenvalue weighted by Gasteiger charge is 2.20. The molecule has 0 spiro atoms. The minimum absolute atomic E-state index is 0.0589. The van der Waals surface area contributed by atoms with Gasteiger partial charge >= 0.3 is 0 Å². The van der Waals surface area contributed by atoms with Gasteiger partial charge in [-0.1, -0.05) is 19.1 Å². The summed E-state index contributed by atoms with van der Waals surface area (Å²) in [6.07, 6.45) is 0.929. The molecular formula is C15H18BrNOS. The van der Waals surface area contributed by atoms with Crippen LogP contribution in [0.1, 0.15) is 30.4 Å². The number of thiophene rings is 1. The van der Waals surface area contributed by atoms with E-state index in [-0.39, 0.29) is 12.1 Å². The molecule has 0 amide bonds. The molecule has 2 unspecified atom stereocenters. The van der Waals surface area contributed by atoms with E-state index in [9.17, 15) is 0 Å². The quantitative estimate of drug-likeness (QED) is 0.867. The second-order valence-corrected chi connectivity index (χ2v) is 6.42. The Balaban J connectivity index is 2.16. The van der Waals surface area contributed by atoms with Crippen molar-refractivity contribution < 1.29 is 4.74 Å². The Morgan fingerprint density at radius 2 is 2.00 bits per heavy atom. The highest BCUT2D eigenvalue weighted by molar-refractivity contribution is 9.10. The summed E-state index contributed by atoms with van der Waals surface area (Å²) < 4.78 is 7.11. The normalized spacial score (nSPS) is 14.1. The third kappa shape index (κ3) is 3.81. The highest BCUT2D eigenvalue weighted by Crippen LogP contribution is 2.31. The fraction of sp³-hybridized carbons (Fsp3) is 0.333. The van der Waals surface area contributed by atoms with Gasteiger partial charge < -0.3 is 10.5 Å². The number of nitrogens with two attached hydrogens (primary N) is 1. The van der Waals surface area contributed by atoms with Gasteiger partial charge in [-0.05, 0) is 53.0 Å². The van der Waals surface area contributed by atoms with Crippen LogP contribution in [-0.4, -0.2) is 6.04 Å². The molecule has 0 saturated carbocycles. The smallest absolute Gasteiger partial charge is 0.148 e. The fourth-order valence-corrected chi connectivity index (χ4v) is 3.44. The third-order valence-corrected chi connectivity index (χ3v) is 4.70. The van der Waals surface area contributed by atoms with Gasteiger partial charge in [0.25, 0.3) is 0 Å². The van der Waals surface area contributed by atoms with Gasteiger partial charge in [0.05, 0.1) is 0 Å². The van der Waals surface area contributed by atoms with Gasteiger partial charge in [-0.15, -0.1) is 11.3 Å². The lowest BCUT2D eigenvalue weighted by molar-refractivity contribution is 0.184. The number of aryl methyl sites for hydroxylation is 1. The maximum Gasteiger partial charge on any atom is 0.148 e. The van der Waals surface area contributed by atoms with Crippen LogP contribution in [-0.2, 0) is 6.42 Å². The lowest BCUT2D eigenvalue weighted by Crippen LogP contribution is -2.28. The van der Waals surface area contributed by atoms with Crippen molar-refractivity contribution in [1.29, 1.82) is 0 Å². The number of halogens is 1. The van der Waals surface area contributed by atoms with Crippen molar-refractivity contribution in [3.8, 4) is 5.75 Å². The Kier molecular flexibility index (Phi) is 5.02. The van der Waals surface area contributed by atoms with Gasteiger partial charge in [-0.2, -0.15) is 0 Å². The number of hydrogen-bond acceptors (Lipinski definition) is 3. The topological polar surface area (TPSA) is 35.2 Å². The lowest BCUT2D eigenvalue weighted by atomic mass is 10.1. The Labute approximate surface area is 126 Å². The monoisotopic (exact) mass is 339 g/mol. The van der Waals surface area contributed by atoms with Crippen LogP contribution in [0.2, 0.25) is 0 Å². The Hall–Kier alpha value is -0.840. The van der Waals surface area contributed by atoms with E-state index in [2.05, 4.69) is 41.1 Å². The molecule has 0 radical (unpaired) electrons. The molecular weight excluding hydrogens is 322 g/mol. The highest BCUT2D eigenvalue weighted by atomic mass is 79.9. The summed E-state index contributed by atoms with van der Waals surface area (Å²) in [6, 6.07) is 10.2. The zero-order valence-electron chi connectivity index (χ0n) is 11.1. The number of rotatable bonds is 5. The maximum atomic E-state index is 6.05. The van der Waals surface area contributed by atoms with E-state index in [0.29, 0.717) is 0 Å². The van der Waals surface area contributed by atoms with E-state index in [1.54, 1.807) is 11.3 Å². The van der Waals surface area contributed by atoms with Crippen molar-refractivity contribution in [1.82, 2.24) is 0 Å². The van der Waals surface area contributed by atoms with Crippen LogP contribution in [0, 0.1) is 0 Å². The zero-order chi connectivity index (χ0) is 13.8. The molecule has 2 rings (SSSR count). The van der Waals surface area contributed by atoms with E-state index in [1.165, 1.54) is 5.56 Å². The van der Waals surface area contributed by atoms with Crippen molar-refractivity contribution >= 4 is 27.3 Å². The summed E-state index contributed by atoms with van der Waals surface area (Å²) in [5.74, 6) is 0.865. The van der Waals surface area contributed by atoms with Crippen LogP contribution in [0.3, 0.4) is 0 Å². The molecule has 0 saturated heterocycles. The molecule has 2 aromatic rings. The van der Waals surface area contributed by atoms with Crippen molar-refractivity contribution in [3.05, 3.63) is 50.6 Å². The van der Waals surface area contributed by atoms with E-state index in [1.807, 2.05) is 24.4 Å². The minimum Gasteiger partial charge on any atom is -0.483 e. The second kappa shape index (κ2) is 6.55. The van der Waals surface area contributed by atoms with E-state index < -0.39 is 0 Å². The minimum atomic E-state index is -0.108. The van der Waals surface area contributed by atoms with Gasteiger partial charge in [-0.25, -0.2) is 0 Å². The molecule has 0 fully saturated rings. The van der Waals surface area contributed by atoms with Crippen molar-refractivity contribution in [2.75, 3.05) is 0 Å². The average molecular weight is 340 g/mol. The van der Waals surface area contributed by atoms with Gasteiger partial charge in [0, 0.05) is 20.8 Å². The predicted molar refractivity (Wildman–Crippen MR) is 84.9 cm³/mol. The summed E-state index contributed by atoms with van der Waals surface area (Å²) in [5.41, 5.74) is 7.36. The number of ether oxygens (including phenoxy) is 1. The van der Waals surface area contributed by atoms with E-state index in [4.69, 9.17) is 10.5 Å². The van der Waals surface area contributed by atoms with Crippen LogP contribution in [0.25, 0.3) is 0 Å². The van der Waals surface area contributed by atoms with E-state index in [0.717, 1.165) is 21.5 Å². The molecule has 2 N–H and O–H groups in total. The fourth-order valence-electron chi connectivity index (χ4n) is 1.85. The van der Waals surface area contributed by atoms with Crippen molar-refractivity contribution in [2.24, 2.45) is 5.73 Å². The predicted octanol–water partition coefficient (Wildman–Crippen LogP) is 4.54. The third-order valence-electron chi connectivity index (χ3n) is 2.94. The molecule has 0 aliphatic rings. The van der Waals surface area contributed by atoms with E-state index >= 15 is 0 Å². The Bertz CT molecular complexity index is 521. The SMILES string of the molecule is CCc1ccc(OC(c2cc(Br)cs2)C(C)N)cc1. The first-order valence-electron chi connectivity index (χ1n) is 6.35. The molecule has 1 aromatic carbocycles. The molecule has 2 nitrogen and oxygen atoms in total. The van der Waals surface area contributed by atoms with Crippen LogP contribution in [0.15, 0.2) is 40.2 Å². The Morgan fingerprint density at radius 3 is 2.47 bits per heavy atom. The first-order valence-corrected chi connectivity index (χ1v) is 8.02. The summed E-state index contributed by atoms with van der Waals surface area (Å²) in [6.45, 7) is 4.11. The molecule has 1 aromatic heterocycles. The van der Waals surface area contributed by atoms with Gasteiger partial charge in [0.2, 0.25) is 0 Å². The molecule has 0 aliphatic heterocycles. The molecule has 19 heavy (non-hydrogen) atoms. The summed E-state index contributed by atoms with van der Waals surface area (Å²) >= 11 is 5.13. The Morgan fingerprint density at radius 1 is 1.32 bits per heavy atom. The van der Waals surface area contributed by atoms with Crippen molar-refractivity contribution in [3.63, 3.8) is 0 Å². The standard InChI is InChI=1S/C15H18BrNOS/c1-3-11-4-6-13(7-5-11)18-15(10(2)17)14-8-12(16)9-19-14/h4-10,15H,3,17H2,1-2H3. The zero-order valence-corrected chi connectivity index (χ0v) is 13.5. The molecule has 102 valence electrons. The maximum absolute atomic E-state index is 6.05. The number of hydrogen-bond donors (Lipinski definition) is 1. The average Bonchev–Trinajstić information content (AvgIpc) is 2.82. The molecule has 2 atom stereocenters. The van der Waals surface area contributed by atoms with Gasteiger partial charge in [-0.3, -0.25) is 0 Å². The van der Waals surface area contributed by atoms with Crippen molar-refractivity contribution in [2.45, 2.75) is 32.4 Å². The molecule has 0 aliphatic carbocycles. The summed E-state index contributed by atoms with van der Waals surface area (Å²) in [4.78, 5) is 1.14. The molecule has 0 bridgehead atoms. The van der Waals surface area contributed by atoms with Crippen LogP contribution < -0.4 is 10.5 Å². The largest absolute Gasteiger partial charge is 0.483 e.